The van der Waals surface area contributed by atoms with Gasteiger partial charge in [0.1, 0.15) is 5.75 Å². The summed E-state index contributed by atoms with van der Waals surface area (Å²) >= 11 is 0. The van der Waals surface area contributed by atoms with Gasteiger partial charge in [0, 0.05) is 23.8 Å². The molecule has 1 aromatic heterocycles. The summed E-state index contributed by atoms with van der Waals surface area (Å²) in [6.45, 7) is 0.590. The number of methoxy groups -OCH3 is 1. The number of hydrogen-bond acceptors (Lipinski definition) is 4. The summed E-state index contributed by atoms with van der Waals surface area (Å²) in [6, 6.07) is 13.7. The SMILES string of the molecule is COc1ccc2c3c(ccc2c1)C(C(=O)Nc1cccnc1)CN3. The number of nitrogens with one attached hydrogen (secondary N) is 2. The van der Waals surface area contributed by atoms with Crippen LogP contribution >= 0.6 is 0 Å². The highest BCUT2D eigenvalue weighted by molar-refractivity contribution is 6.04. The van der Waals surface area contributed by atoms with Gasteiger partial charge in [-0.3, -0.25) is 9.78 Å². The summed E-state index contributed by atoms with van der Waals surface area (Å²) in [5.74, 6) is 0.583. The third-order valence-corrected chi connectivity index (χ3v) is 4.36. The second-order valence-electron chi connectivity index (χ2n) is 5.78. The first-order valence-electron chi connectivity index (χ1n) is 7.81. The number of pyridine rings is 1. The predicted molar refractivity (Wildman–Crippen MR) is 94.6 cm³/mol. The number of rotatable bonds is 3. The van der Waals surface area contributed by atoms with Crippen LogP contribution < -0.4 is 15.4 Å². The Morgan fingerprint density at radius 1 is 1.29 bits per heavy atom. The van der Waals surface area contributed by atoms with Crippen LogP contribution in [-0.4, -0.2) is 24.5 Å². The van der Waals surface area contributed by atoms with Gasteiger partial charge in [0.2, 0.25) is 5.91 Å². The van der Waals surface area contributed by atoms with E-state index in [0.717, 1.165) is 27.8 Å². The van der Waals surface area contributed by atoms with E-state index in [1.807, 2.05) is 36.4 Å². The summed E-state index contributed by atoms with van der Waals surface area (Å²) in [4.78, 5) is 16.6. The average molecular weight is 319 g/mol. The number of amides is 1. The van der Waals surface area contributed by atoms with Gasteiger partial charge >= 0.3 is 0 Å². The highest BCUT2D eigenvalue weighted by atomic mass is 16.5. The fraction of sp³-hybridized carbons (Fsp3) is 0.158. The number of benzene rings is 2. The Morgan fingerprint density at radius 3 is 3.00 bits per heavy atom. The third-order valence-electron chi connectivity index (χ3n) is 4.36. The van der Waals surface area contributed by atoms with Crippen LogP contribution in [0.3, 0.4) is 0 Å². The fourth-order valence-electron chi connectivity index (χ4n) is 3.15. The minimum atomic E-state index is -0.216. The molecule has 1 aliphatic rings. The number of carbonyl (C=O) groups excluding carboxylic acids is 1. The Hall–Kier alpha value is -3.08. The van der Waals surface area contributed by atoms with Gasteiger partial charge < -0.3 is 15.4 Å². The molecule has 1 aliphatic heterocycles. The molecule has 4 rings (SSSR count). The molecule has 2 N–H and O–H groups in total. The zero-order chi connectivity index (χ0) is 16.5. The Labute approximate surface area is 139 Å². The smallest absolute Gasteiger partial charge is 0.233 e. The first-order chi connectivity index (χ1) is 11.8. The molecule has 0 saturated carbocycles. The molecule has 1 unspecified atom stereocenters. The van der Waals surface area contributed by atoms with E-state index in [0.29, 0.717) is 12.2 Å². The summed E-state index contributed by atoms with van der Waals surface area (Å²) < 4.78 is 5.28. The standard InChI is InChI=1S/C19H17N3O2/c1-24-14-5-7-15-12(9-14)4-6-16-17(11-21-18(15)16)19(23)22-13-3-2-8-20-10-13/h2-10,17,21H,11H2,1H3,(H,22,23). The topological polar surface area (TPSA) is 63.2 Å². The molecule has 2 aromatic carbocycles. The van der Waals surface area contributed by atoms with Crippen LogP contribution in [0.4, 0.5) is 11.4 Å². The Bertz CT molecular complexity index is 909. The van der Waals surface area contributed by atoms with E-state index in [2.05, 4.69) is 15.6 Å². The number of aromatic nitrogens is 1. The summed E-state index contributed by atoms with van der Waals surface area (Å²) in [5, 5.41) is 8.50. The van der Waals surface area contributed by atoms with Crippen molar-refractivity contribution in [3.8, 4) is 5.75 Å². The number of carbonyl (C=O) groups is 1. The molecule has 1 atom stereocenters. The lowest BCUT2D eigenvalue weighted by atomic mass is 9.97. The van der Waals surface area contributed by atoms with Gasteiger partial charge in [0.15, 0.2) is 0 Å². The van der Waals surface area contributed by atoms with Crippen molar-refractivity contribution in [3.05, 3.63) is 60.4 Å². The number of hydrogen-bond donors (Lipinski definition) is 2. The van der Waals surface area contributed by atoms with E-state index in [1.54, 1.807) is 25.6 Å². The lowest BCUT2D eigenvalue weighted by molar-refractivity contribution is -0.117. The maximum absolute atomic E-state index is 12.6. The Kier molecular flexibility index (Phi) is 3.54. The van der Waals surface area contributed by atoms with E-state index in [4.69, 9.17) is 4.74 Å². The van der Waals surface area contributed by atoms with Crippen LogP contribution in [-0.2, 0) is 4.79 Å². The summed E-state index contributed by atoms with van der Waals surface area (Å²) in [7, 11) is 1.66. The van der Waals surface area contributed by atoms with Crippen LogP contribution in [0.2, 0.25) is 0 Å². The number of ether oxygens (including phenoxy) is 1. The van der Waals surface area contributed by atoms with Crippen LogP contribution in [0, 0.1) is 0 Å². The van der Waals surface area contributed by atoms with Crippen molar-refractivity contribution in [1.82, 2.24) is 4.98 Å². The molecular formula is C19H17N3O2. The summed E-state index contributed by atoms with van der Waals surface area (Å²) in [6.07, 6.45) is 3.33. The number of nitrogens with zero attached hydrogens (tertiary/aromatic N) is 1. The quantitative estimate of drug-likeness (QED) is 0.777. The molecule has 1 amide bonds. The van der Waals surface area contributed by atoms with Crippen molar-refractivity contribution < 1.29 is 9.53 Å². The van der Waals surface area contributed by atoms with Crippen molar-refractivity contribution in [2.24, 2.45) is 0 Å². The molecule has 0 spiro atoms. The van der Waals surface area contributed by atoms with Crippen LogP contribution in [0.15, 0.2) is 54.9 Å². The summed E-state index contributed by atoms with van der Waals surface area (Å²) in [5.41, 5.74) is 2.76. The van der Waals surface area contributed by atoms with E-state index in [-0.39, 0.29) is 11.8 Å². The first kappa shape index (κ1) is 14.5. The molecule has 0 saturated heterocycles. The van der Waals surface area contributed by atoms with Crippen molar-refractivity contribution in [3.63, 3.8) is 0 Å². The largest absolute Gasteiger partial charge is 0.497 e. The average Bonchev–Trinajstić information content (AvgIpc) is 3.06. The molecule has 24 heavy (non-hydrogen) atoms. The van der Waals surface area contributed by atoms with Gasteiger partial charge in [-0.1, -0.05) is 12.1 Å². The molecule has 0 fully saturated rings. The van der Waals surface area contributed by atoms with E-state index in [1.165, 1.54) is 0 Å². The molecule has 5 nitrogen and oxygen atoms in total. The predicted octanol–water partition coefficient (Wildman–Crippen LogP) is 3.39. The third kappa shape index (κ3) is 2.44. The van der Waals surface area contributed by atoms with Gasteiger partial charge in [0.05, 0.1) is 24.9 Å². The normalized spacial score (nSPS) is 15.6. The van der Waals surface area contributed by atoms with Crippen LogP contribution in [0.5, 0.6) is 5.75 Å². The Balaban J connectivity index is 1.66. The zero-order valence-corrected chi connectivity index (χ0v) is 13.2. The maximum atomic E-state index is 12.6. The second-order valence-corrected chi connectivity index (χ2v) is 5.78. The van der Waals surface area contributed by atoms with Gasteiger partial charge in [0.25, 0.3) is 0 Å². The molecular weight excluding hydrogens is 302 g/mol. The van der Waals surface area contributed by atoms with Crippen molar-refractivity contribution in [1.29, 1.82) is 0 Å². The maximum Gasteiger partial charge on any atom is 0.233 e. The van der Waals surface area contributed by atoms with E-state index < -0.39 is 0 Å². The molecule has 120 valence electrons. The van der Waals surface area contributed by atoms with E-state index in [9.17, 15) is 4.79 Å². The minimum absolute atomic E-state index is 0.0258. The number of anilines is 2. The monoisotopic (exact) mass is 319 g/mol. The van der Waals surface area contributed by atoms with Crippen molar-refractivity contribution in [2.45, 2.75) is 5.92 Å². The highest BCUT2D eigenvalue weighted by Gasteiger charge is 2.29. The van der Waals surface area contributed by atoms with Gasteiger partial charge in [-0.25, -0.2) is 0 Å². The fourth-order valence-corrected chi connectivity index (χ4v) is 3.15. The Morgan fingerprint density at radius 2 is 2.21 bits per heavy atom. The lowest BCUT2D eigenvalue weighted by Gasteiger charge is -2.12. The molecule has 0 radical (unpaired) electrons. The van der Waals surface area contributed by atoms with E-state index >= 15 is 0 Å². The molecule has 2 heterocycles. The molecule has 0 bridgehead atoms. The minimum Gasteiger partial charge on any atom is -0.497 e. The number of fused-ring (bicyclic) bond motifs is 3. The molecule has 3 aromatic rings. The van der Waals surface area contributed by atoms with Crippen molar-refractivity contribution in [2.75, 3.05) is 24.3 Å². The second kappa shape index (κ2) is 5.85. The van der Waals surface area contributed by atoms with Crippen LogP contribution in [0.1, 0.15) is 11.5 Å². The van der Waals surface area contributed by atoms with Crippen LogP contribution in [0.25, 0.3) is 10.8 Å². The molecule has 5 heteroatoms. The lowest BCUT2D eigenvalue weighted by Crippen LogP contribution is -2.22. The van der Waals surface area contributed by atoms with Gasteiger partial charge in [-0.2, -0.15) is 0 Å². The van der Waals surface area contributed by atoms with Crippen molar-refractivity contribution >= 4 is 28.1 Å². The zero-order valence-electron chi connectivity index (χ0n) is 13.2. The first-order valence-corrected chi connectivity index (χ1v) is 7.81. The van der Waals surface area contributed by atoms with Gasteiger partial charge in [-0.05, 0) is 41.3 Å². The highest BCUT2D eigenvalue weighted by Crippen LogP contribution is 2.38. The van der Waals surface area contributed by atoms with Gasteiger partial charge in [-0.15, -0.1) is 0 Å². The molecule has 0 aliphatic carbocycles.